The number of anilines is 1. The van der Waals surface area contributed by atoms with Gasteiger partial charge in [-0.05, 0) is 18.6 Å². The number of benzene rings is 1. The molecule has 1 aromatic carbocycles. The van der Waals surface area contributed by atoms with E-state index < -0.39 is 0 Å². The van der Waals surface area contributed by atoms with Crippen molar-refractivity contribution in [2.75, 3.05) is 25.1 Å². The van der Waals surface area contributed by atoms with Crippen molar-refractivity contribution in [2.45, 2.75) is 20.4 Å². The number of amides is 2. The molecule has 0 bridgehead atoms. The summed E-state index contributed by atoms with van der Waals surface area (Å²) in [5.41, 5.74) is 2.58. The second-order valence-electron chi connectivity index (χ2n) is 6.15. The zero-order chi connectivity index (χ0) is 18.8. The van der Waals surface area contributed by atoms with Crippen LogP contribution in [0.25, 0.3) is 5.76 Å². The second kappa shape index (κ2) is 7.29. The van der Waals surface area contributed by atoms with Gasteiger partial charge >= 0.3 is 6.03 Å². The van der Waals surface area contributed by atoms with Crippen molar-refractivity contribution >= 4 is 34.0 Å². The van der Waals surface area contributed by atoms with E-state index in [0.717, 1.165) is 11.1 Å². The molecular weight excluding hydrogens is 350 g/mol. The van der Waals surface area contributed by atoms with Gasteiger partial charge in [0.15, 0.2) is 10.9 Å². The molecule has 26 heavy (non-hydrogen) atoms. The Balaban J connectivity index is 1.75. The van der Waals surface area contributed by atoms with Crippen molar-refractivity contribution in [3.05, 3.63) is 52.5 Å². The van der Waals surface area contributed by atoms with Gasteiger partial charge < -0.3 is 9.64 Å². The molecule has 2 heterocycles. The minimum absolute atomic E-state index is 0.0232. The number of rotatable bonds is 6. The molecule has 1 aliphatic heterocycles. The zero-order valence-corrected chi connectivity index (χ0v) is 15.9. The molecule has 1 saturated heterocycles. The van der Waals surface area contributed by atoms with E-state index in [4.69, 9.17) is 4.74 Å². The van der Waals surface area contributed by atoms with Crippen molar-refractivity contribution in [1.82, 2.24) is 9.88 Å². The maximum Gasteiger partial charge on any atom is 0.326 e. The largest absolute Gasteiger partial charge is 0.497 e. The Morgan fingerprint density at radius 1 is 1.38 bits per heavy atom. The van der Waals surface area contributed by atoms with Crippen LogP contribution >= 0.6 is 11.3 Å². The molecule has 0 aliphatic carbocycles. The number of aryl methyl sites for hydroxylation is 1. The highest BCUT2D eigenvalue weighted by Crippen LogP contribution is 2.29. The van der Waals surface area contributed by atoms with Crippen LogP contribution in [0.3, 0.4) is 0 Å². The summed E-state index contributed by atoms with van der Waals surface area (Å²) >= 11 is 1.28. The Labute approximate surface area is 156 Å². The molecule has 0 spiro atoms. The summed E-state index contributed by atoms with van der Waals surface area (Å²) < 4.78 is 5.17. The number of carbonyl (C=O) groups is 2. The minimum Gasteiger partial charge on any atom is -0.497 e. The number of Topliss-reactive ketones (excluding diaryl/α,β-unsaturated/α-hetero) is 1. The van der Waals surface area contributed by atoms with Crippen LogP contribution in [-0.4, -0.2) is 41.9 Å². The van der Waals surface area contributed by atoms with Gasteiger partial charge in [-0.3, -0.25) is 9.69 Å². The monoisotopic (exact) mass is 371 g/mol. The summed E-state index contributed by atoms with van der Waals surface area (Å²) in [5, 5.41) is 0.585. The highest BCUT2D eigenvalue weighted by Gasteiger charge is 2.32. The Morgan fingerprint density at radius 3 is 2.81 bits per heavy atom. The Morgan fingerprint density at radius 2 is 2.15 bits per heavy atom. The van der Waals surface area contributed by atoms with Crippen LogP contribution in [0.1, 0.15) is 33.4 Å². The quantitative estimate of drug-likeness (QED) is 0.574. The average molecular weight is 371 g/mol. The van der Waals surface area contributed by atoms with Gasteiger partial charge in [-0.15, -0.1) is 0 Å². The molecule has 0 N–H and O–H groups in total. The van der Waals surface area contributed by atoms with Gasteiger partial charge in [-0.2, -0.15) is 0 Å². The lowest BCUT2D eigenvalue weighted by Crippen LogP contribution is -2.31. The van der Waals surface area contributed by atoms with Gasteiger partial charge in [0.05, 0.1) is 17.7 Å². The van der Waals surface area contributed by atoms with E-state index in [1.807, 2.05) is 24.3 Å². The van der Waals surface area contributed by atoms with Crippen LogP contribution in [-0.2, 0) is 11.3 Å². The number of ketones is 1. The van der Waals surface area contributed by atoms with Crippen LogP contribution in [0.15, 0.2) is 30.8 Å². The summed E-state index contributed by atoms with van der Waals surface area (Å²) in [4.78, 5) is 32.8. The number of nitrogens with zero attached hydrogens (tertiary/aromatic N) is 3. The molecule has 2 aromatic rings. The van der Waals surface area contributed by atoms with E-state index in [0.29, 0.717) is 41.1 Å². The molecule has 2 amide bonds. The number of carbonyl (C=O) groups excluding carboxylic acids is 2. The van der Waals surface area contributed by atoms with E-state index in [9.17, 15) is 9.59 Å². The number of ether oxygens (including phenoxy) is 1. The van der Waals surface area contributed by atoms with E-state index >= 15 is 0 Å². The number of thiazole rings is 1. The predicted molar refractivity (Wildman–Crippen MR) is 102 cm³/mol. The summed E-state index contributed by atoms with van der Waals surface area (Å²) in [6.07, 6.45) is 0. The van der Waals surface area contributed by atoms with Gasteiger partial charge in [0.2, 0.25) is 0 Å². The zero-order valence-electron chi connectivity index (χ0n) is 15.1. The molecule has 1 aromatic heterocycles. The van der Waals surface area contributed by atoms with Crippen LogP contribution < -0.4 is 4.90 Å². The maximum atomic E-state index is 12.8. The van der Waals surface area contributed by atoms with Crippen LogP contribution in [0, 0.1) is 6.92 Å². The van der Waals surface area contributed by atoms with Gasteiger partial charge in [0.1, 0.15) is 5.76 Å². The number of urea groups is 1. The summed E-state index contributed by atoms with van der Waals surface area (Å²) in [6.45, 7) is 8.85. The lowest BCUT2D eigenvalue weighted by atomic mass is 10.1. The molecule has 0 saturated carbocycles. The third kappa shape index (κ3) is 3.48. The maximum absolute atomic E-state index is 12.8. The molecule has 1 fully saturated rings. The lowest BCUT2D eigenvalue weighted by Gasteiger charge is -2.17. The van der Waals surface area contributed by atoms with E-state index in [1.165, 1.54) is 18.3 Å². The van der Waals surface area contributed by atoms with Crippen molar-refractivity contribution in [3.63, 3.8) is 0 Å². The Bertz CT molecular complexity index is 875. The first-order valence-corrected chi connectivity index (χ1v) is 9.09. The Hall–Kier alpha value is -2.67. The van der Waals surface area contributed by atoms with Crippen molar-refractivity contribution in [3.8, 4) is 0 Å². The van der Waals surface area contributed by atoms with E-state index in [2.05, 4.69) is 11.6 Å². The molecule has 136 valence electrons. The molecule has 0 unspecified atom stereocenters. The first-order valence-electron chi connectivity index (χ1n) is 8.27. The lowest BCUT2D eigenvalue weighted by molar-refractivity contribution is 0.102. The molecule has 0 atom stereocenters. The highest BCUT2D eigenvalue weighted by atomic mass is 32.1. The van der Waals surface area contributed by atoms with Gasteiger partial charge in [-0.25, -0.2) is 9.78 Å². The third-order valence-corrected chi connectivity index (χ3v) is 5.58. The van der Waals surface area contributed by atoms with E-state index in [1.54, 1.807) is 23.8 Å². The fourth-order valence-corrected chi connectivity index (χ4v) is 3.89. The number of methoxy groups -OCH3 is 1. The standard InChI is InChI=1S/C19H21N3O3S/c1-12-17(13(2)23)26-18(20-12)22-9-8-21(19(22)24)11-15-6-5-7-16(10-15)14(3)25-4/h5-7,10H,3,8-9,11H2,1-2,4H3. The molecule has 1 aliphatic rings. The fraction of sp³-hybridized carbons (Fsp3) is 0.316. The van der Waals surface area contributed by atoms with Crippen LogP contribution in [0.2, 0.25) is 0 Å². The molecule has 7 heteroatoms. The van der Waals surface area contributed by atoms with Crippen molar-refractivity contribution < 1.29 is 14.3 Å². The Kier molecular flexibility index (Phi) is 5.08. The van der Waals surface area contributed by atoms with Crippen molar-refractivity contribution in [1.29, 1.82) is 0 Å². The summed E-state index contributed by atoms with van der Waals surface area (Å²) in [7, 11) is 1.59. The predicted octanol–water partition coefficient (Wildman–Crippen LogP) is 3.71. The topological polar surface area (TPSA) is 62.7 Å². The number of aromatic nitrogens is 1. The van der Waals surface area contributed by atoms with Crippen LogP contribution in [0.5, 0.6) is 0 Å². The molecule has 0 radical (unpaired) electrons. The average Bonchev–Trinajstić information content (AvgIpc) is 3.17. The SMILES string of the molecule is C=C(OC)c1cccc(CN2CCN(c3nc(C)c(C(C)=O)s3)C2=O)c1. The third-order valence-electron chi connectivity index (χ3n) is 4.30. The second-order valence-corrected chi connectivity index (χ2v) is 7.13. The number of hydrogen-bond donors (Lipinski definition) is 0. The fourth-order valence-electron chi connectivity index (χ4n) is 2.91. The first-order chi connectivity index (χ1) is 12.4. The molecular formula is C19H21N3O3S. The minimum atomic E-state index is -0.0928. The summed E-state index contributed by atoms with van der Waals surface area (Å²) in [5.74, 6) is 0.571. The summed E-state index contributed by atoms with van der Waals surface area (Å²) in [6, 6.07) is 7.71. The highest BCUT2D eigenvalue weighted by molar-refractivity contribution is 7.17. The number of hydrogen-bond acceptors (Lipinski definition) is 5. The first kappa shape index (κ1) is 18.1. The normalized spacial score (nSPS) is 14.0. The van der Waals surface area contributed by atoms with Gasteiger partial charge in [-0.1, -0.05) is 36.1 Å². The molecule has 3 rings (SSSR count). The van der Waals surface area contributed by atoms with Crippen LogP contribution in [0.4, 0.5) is 9.93 Å². The van der Waals surface area contributed by atoms with Gasteiger partial charge in [0, 0.05) is 32.1 Å². The smallest absolute Gasteiger partial charge is 0.326 e. The molecule has 6 nitrogen and oxygen atoms in total. The van der Waals surface area contributed by atoms with Gasteiger partial charge in [0.25, 0.3) is 0 Å². The van der Waals surface area contributed by atoms with Crippen molar-refractivity contribution in [2.24, 2.45) is 0 Å². The van der Waals surface area contributed by atoms with E-state index in [-0.39, 0.29) is 11.8 Å².